The standard InChI is InChI=1S/C7H6N4/c1-5-3-2-4-6(10-8)7(5)11-9/h2-4H,1H3. The fraction of sp³-hybridized carbons (Fsp3) is 0.143. The minimum absolute atomic E-state index is 0.271. The molecule has 0 fully saturated rings. The van der Waals surface area contributed by atoms with Gasteiger partial charge in [-0.15, -0.1) is 0 Å². The summed E-state index contributed by atoms with van der Waals surface area (Å²) in [6, 6.07) is 0. The molecular weight excluding hydrogens is 140 g/mol. The summed E-state index contributed by atoms with van der Waals surface area (Å²) in [5.74, 6) is 0. The highest BCUT2D eigenvalue weighted by Crippen LogP contribution is 2.02. The molecule has 0 aromatic heterocycles. The Labute approximate surface area is 63.7 Å². The molecule has 0 bridgehead atoms. The van der Waals surface area contributed by atoms with E-state index in [0.29, 0.717) is 5.71 Å². The van der Waals surface area contributed by atoms with E-state index in [1.807, 2.05) is 0 Å². The van der Waals surface area contributed by atoms with Crippen molar-refractivity contribution in [3.05, 3.63) is 34.9 Å². The van der Waals surface area contributed by atoms with Crippen LogP contribution in [-0.2, 0) is 0 Å². The summed E-state index contributed by atoms with van der Waals surface area (Å²) < 4.78 is 0. The lowest BCUT2D eigenvalue weighted by molar-refractivity contribution is -0.0225. The number of nitrogens with zero attached hydrogens (tertiary/aromatic N) is 4. The fourth-order valence-corrected chi connectivity index (χ4v) is 0.854. The zero-order valence-electron chi connectivity index (χ0n) is 6.02. The Hall–Kier alpha value is -1.76. The van der Waals surface area contributed by atoms with Crippen LogP contribution in [0.5, 0.6) is 0 Å². The average molecular weight is 146 g/mol. The van der Waals surface area contributed by atoms with E-state index in [2.05, 4.69) is 9.58 Å². The van der Waals surface area contributed by atoms with E-state index < -0.39 is 0 Å². The normalized spacial score (nSPS) is 15.5. The summed E-state index contributed by atoms with van der Waals surface area (Å²) in [7, 11) is 0. The van der Waals surface area contributed by atoms with Crippen LogP contribution in [0, 0.1) is 0 Å². The first-order chi connectivity index (χ1) is 5.29. The largest absolute Gasteiger partial charge is 0.405 e. The van der Waals surface area contributed by atoms with Gasteiger partial charge < -0.3 is 11.1 Å². The molecule has 11 heavy (non-hydrogen) atoms. The van der Waals surface area contributed by atoms with Crippen molar-refractivity contribution in [1.29, 1.82) is 0 Å². The highest BCUT2D eigenvalue weighted by molar-refractivity contribution is 6.48. The summed E-state index contributed by atoms with van der Waals surface area (Å²) in [4.78, 5) is 5.94. The van der Waals surface area contributed by atoms with Gasteiger partial charge in [0.25, 0.3) is 0 Å². The van der Waals surface area contributed by atoms with Crippen molar-refractivity contribution in [3.8, 4) is 0 Å². The predicted molar refractivity (Wildman–Crippen MR) is 40.1 cm³/mol. The zero-order chi connectivity index (χ0) is 8.27. The maximum Gasteiger partial charge on any atom is 0.405 e. The van der Waals surface area contributed by atoms with E-state index in [1.54, 1.807) is 25.2 Å². The molecule has 0 N–H and O–H groups in total. The Bertz CT molecular complexity index is 335. The molecule has 0 atom stereocenters. The summed E-state index contributed by atoms with van der Waals surface area (Å²) in [6.07, 6.45) is 5.05. The van der Waals surface area contributed by atoms with Crippen LogP contribution in [0.15, 0.2) is 23.8 Å². The molecule has 1 aliphatic rings. The van der Waals surface area contributed by atoms with E-state index in [-0.39, 0.29) is 5.71 Å². The second-order valence-corrected chi connectivity index (χ2v) is 2.14. The molecule has 0 radical (unpaired) electrons. The molecule has 4 nitrogen and oxygen atoms in total. The Balaban J connectivity index is 3.29. The van der Waals surface area contributed by atoms with Crippen LogP contribution in [0.4, 0.5) is 0 Å². The molecule has 0 saturated carbocycles. The van der Waals surface area contributed by atoms with Crippen molar-refractivity contribution in [1.82, 2.24) is 0 Å². The number of allylic oxidation sites excluding steroid dienone is 4. The molecule has 4 heteroatoms. The van der Waals surface area contributed by atoms with Crippen LogP contribution in [0.1, 0.15) is 6.92 Å². The fourth-order valence-electron chi connectivity index (χ4n) is 0.854. The third-order valence-corrected chi connectivity index (χ3v) is 1.42. The Morgan fingerprint density at radius 1 is 1.27 bits per heavy atom. The van der Waals surface area contributed by atoms with Gasteiger partial charge in [-0.1, -0.05) is 12.2 Å². The lowest BCUT2D eigenvalue weighted by Crippen LogP contribution is -2.17. The molecule has 0 aliphatic heterocycles. The second-order valence-electron chi connectivity index (χ2n) is 2.14. The lowest BCUT2D eigenvalue weighted by Gasteiger charge is -1.91. The molecule has 0 amide bonds. The maximum absolute atomic E-state index is 8.48. The van der Waals surface area contributed by atoms with Crippen LogP contribution < -0.4 is 0 Å². The Morgan fingerprint density at radius 3 is 2.45 bits per heavy atom. The van der Waals surface area contributed by atoms with E-state index in [4.69, 9.17) is 11.1 Å². The molecule has 0 saturated heterocycles. The van der Waals surface area contributed by atoms with Gasteiger partial charge in [0.15, 0.2) is 0 Å². The zero-order valence-corrected chi connectivity index (χ0v) is 6.02. The van der Waals surface area contributed by atoms with Crippen molar-refractivity contribution >= 4 is 11.4 Å². The van der Waals surface area contributed by atoms with Crippen molar-refractivity contribution in [2.24, 2.45) is 0 Å². The molecule has 0 unspecified atom stereocenters. The van der Waals surface area contributed by atoms with Gasteiger partial charge in [-0.2, -0.15) is 9.58 Å². The average Bonchev–Trinajstić information content (AvgIpc) is 2.04. The van der Waals surface area contributed by atoms with Crippen LogP contribution >= 0.6 is 0 Å². The third kappa shape index (κ3) is 1.22. The topological polar surface area (TPSA) is 72.8 Å². The van der Waals surface area contributed by atoms with Gasteiger partial charge in [0.2, 0.25) is 0 Å². The van der Waals surface area contributed by atoms with E-state index in [0.717, 1.165) is 5.57 Å². The maximum atomic E-state index is 8.48. The molecule has 0 aromatic rings. The van der Waals surface area contributed by atoms with Crippen molar-refractivity contribution in [2.45, 2.75) is 6.92 Å². The Morgan fingerprint density at radius 2 is 2.00 bits per heavy atom. The van der Waals surface area contributed by atoms with Crippen LogP contribution in [0.2, 0.25) is 0 Å². The minimum atomic E-state index is 0.271. The molecule has 54 valence electrons. The van der Waals surface area contributed by atoms with Crippen molar-refractivity contribution < 1.29 is 9.58 Å². The van der Waals surface area contributed by atoms with Crippen LogP contribution in [-0.4, -0.2) is 21.0 Å². The van der Waals surface area contributed by atoms with Gasteiger partial charge in [-0.25, -0.2) is 0 Å². The summed E-state index contributed by atoms with van der Waals surface area (Å²) in [5, 5.41) is 0. The number of rotatable bonds is 0. The quantitative estimate of drug-likeness (QED) is 0.276. The van der Waals surface area contributed by atoms with E-state index in [1.165, 1.54) is 0 Å². The van der Waals surface area contributed by atoms with Gasteiger partial charge in [-0.05, 0) is 6.92 Å². The van der Waals surface area contributed by atoms with Crippen molar-refractivity contribution in [2.75, 3.05) is 0 Å². The highest BCUT2D eigenvalue weighted by Gasteiger charge is 2.26. The van der Waals surface area contributed by atoms with Gasteiger partial charge >= 0.3 is 11.4 Å². The summed E-state index contributed by atoms with van der Waals surface area (Å²) in [5.41, 5.74) is 18.3. The van der Waals surface area contributed by atoms with E-state index in [9.17, 15) is 0 Å². The number of hydrogen-bond donors (Lipinski definition) is 0. The highest BCUT2D eigenvalue weighted by atomic mass is 14.9. The van der Waals surface area contributed by atoms with Crippen molar-refractivity contribution in [3.63, 3.8) is 0 Å². The predicted octanol–water partition coefficient (Wildman–Crippen LogP) is 0.844. The first-order valence-electron chi connectivity index (χ1n) is 3.09. The van der Waals surface area contributed by atoms with Crippen LogP contribution in [0.25, 0.3) is 11.1 Å². The third-order valence-electron chi connectivity index (χ3n) is 1.42. The molecule has 0 spiro atoms. The minimum Gasteiger partial charge on any atom is -0.360 e. The molecule has 1 aliphatic carbocycles. The van der Waals surface area contributed by atoms with Crippen LogP contribution in [0.3, 0.4) is 0 Å². The SMILES string of the molecule is CC1=CC=CC(=[N+]=[N-])C1=[N+]=[N-]. The number of hydrogen-bond acceptors (Lipinski definition) is 0. The first-order valence-corrected chi connectivity index (χ1v) is 3.09. The van der Waals surface area contributed by atoms with Gasteiger partial charge in [0.05, 0.1) is 0 Å². The first kappa shape index (κ1) is 7.35. The molecule has 1 rings (SSSR count). The van der Waals surface area contributed by atoms with E-state index >= 15 is 0 Å². The molecular formula is C7H6N4. The van der Waals surface area contributed by atoms with Gasteiger partial charge in [0, 0.05) is 11.6 Å². The Kier molecular flexibility index (Phi) is 1.93. The summed E-state index contributed by atoms with van der Waals surface area (Å²) >= 11 is 0. The smallest absolute Gasteiger partial charge is 0.360 e. The monoisotopic (exact) mass is 146 g/mol. The molecule has 0 heterocycles. The molecule has 0 aromatic carbocycles. The second kappa shape index (κ2) is 2.88. The lowest BCUT2D eigenvalue weighted by atomic mass is 10.0. The van der Waals surface area contributed by atoms with Gasteiger partial charge in [-0.3, -0.25) is 0 Å². The van der Waals surface area contributed by atoms with Gasteiger partial charge in [0.1, 0.15) is 0 Å². The summed E-state index contributed by atoms with van der Waals surface area (Å²) in [6.45, 7) is 1.77.